The summed E-state index contributed by atoms with van der Waals surface area (Å²) < 4.78 is 12.9. The van der Waals surface area contributed by atoms with Crippen molar-refractivity contribution < 1.29 is 4.39 Å². The minimum Gasteiger partial charge on any atom is -0.311 e. The van der Waals surface area contributed by atoms with Gasteiger partial charge in [-0.1, -0.05) is 0 Å². The summed E-state index contributed by atoms with van der Waals surface area (Å²) in [4.78, 5) is 6.33. The zero-order valence-corrected chi connectivity index (χ0v) is 10.3. The summed E-state index contributed by atoms with van der Waals surface area (Å²) in [7, 11) is 0. The third kappa shape index (κ3) is 3.75. The molecule has 2 heterocycles. The molecule has 3 nitrogen and oxygen atoms in total. The first kappa shape index (κ1) is 12.5. The lowest BCUT2D eigenvalue weighted by Crippen LogP contribution is -2.38. The molecule has 0 aliphatic carbocycles. The fraction of sp³-hybridized carbons (Fsp3) is 0.615. The first-order valence-electron chi connectivity index (χ1n) is 6.30. The molecule has 0 amide bonds. The van der Waals surface area contributed by atoms with Gasteiger partial charge in [0.05, 0.1) is 6.20 Å². The van der Waals surface area contributed by atoms with Crippen molar-refractivity contribution >= 4 is 0 Å². The Labute approximate surface area is 102 Å². The van der Waals surface area contributed by atoms with Crippen molar-refractivity contribution in [2.45, 2.75) is 32.4 Å². The molecular weight excluding hydrogens is 217 g/mol. The molecule has 94 valence electrons. The minimum atomic E-state index is -0.267. The molecule has 2 rings (SSSR count). The number of hydrogen-bond donors (Lipinski definition) is 1. The van der Waals surface area contributed by atoms with Crippen LogP contribution in [-0.4, -0.2) is 35.6 Å². The Hall–Kier alpha value is -1.00. The highest BCUT2D eigenvalue weighted by Crippen LogP contribution is 2.10. The summed E-state index contributed by atoms with van der Waals surface area (Å²) in [6.07, 6.45) is 5.57. The van der Waals surface area contributed by atoms with Crippen molar-refractivity contribution in [1.29, 1.82) is 0 Å². The third-order valence-electron chi connectivity index (χ3n) is 3.29. The molecule has 1 saturated heterocycles. The van der Waals surface area contributed by atoms with Gasteiger partial charge in [-0.3, -0.25) is 9.88 Å². The van der Waals surface area contributed by atoms with Crippen LogP contribution in [0.3, 0.4) is 0 Å². The van der Waals surface area contributed by atoms with E-state index in [0.717, 1.165) is 12.1 Å². The Morgan fingerprint density at radius 2 is 2.18 bits per heavy atom. The highest BCUT2D eigenvalue weighted by atomic mass is 19.1. The minimum absolute atomic E-state index is 0.267. The summed E-state index contributed by atoms with van der Waals surface area (Å²) in [5, 5.41) is 3.36. The number of pyridine rings is 1. The molecule has 1 atom stereocenters. The zero-order valence-electron chi connectivity index (χ0n) is 10.3. The van der Waals surface area contributed by atoms with Crippen molar-refractivity contribution in [2.75, 3.05) is 19.6 Å². The van der Waals surface area contributed by atoms with Crippen molar-refractivity contribution in [3.05, 3.63) is 29.8 Å². The molecule has 1 aliphatic rings. The van der Waals surface area contributed by atoms with Gasteiger partial charge in [0.25, 0.3) is 0 Å². The number of halogens is 1. The van der Waals surface area contributed by atoms with Crippen LogP contribution in [0.4, 0.5) is 4.39 Å². The number of aromatic nitrogens is 1. The summed E-state index contributed by atoms with van der Waals surface area (Å²) in [5.74, 6) is -0.267. The Morgan fingerprint density at radius 1 is 1.41 bits per heavy atom. The Morgan fingerprint density at radius 3 is 2.88 bits per heavy atom. The highest BCUT2D eigenvalue weighted by molar-refractivity contribution is 5.09. The van der Waals surface area contributed by atoms with Crippen LogP contribution in [0, 0.1) is 5.82 Å². The van der Waals surface area contributed by atoms with Crippen LogP contribution in [-0.2, 0) is 6.54 Å². The zero-order chi connectivity index (χ0) is 12.1. The number of hydrogen-bond acceptors (Lipinski definition) is 3. The molecule has 0 aromatic carbocycles. The molecule has 1 fully saturated rings. The summed E-state index contributed by atoms with van der Waals surface area (Å²) in [5.41, 5.74) is 0.902. The van der Waals surface area contributed by atoms with Gasteiger partial charge in [0, 0.05) is 25.3 Å². The van der Waals surface area contributed by atoms with Gasteiger partial charge in [0.15, 0.2) is 0 Å². The third-order valence-corrected chi connectivity index (χ3v) is 3.29. The molecule has 1 N–H and O–H groups in total. The van der Waals surface area contributed by atoms with E-state index in [2.05, 4.69) is 22.1 Å². The number of nitrogens with one attached hydrogen (secondary N) is 1. The van der Waals surface area contributed by atoms with E-state index in [9.17, 15) is 4.39 Å². The first-order valence-corrected chi connectivity index (χ1v) is 6.30. The molecule has 0 radical (unpaired) electrons. The molecule has 0 bridgehead atoms. The predicted octanol–water partition coefficient (Wildman–Crippen LogP) is 1.79. The summed E-state index contributed by atoms with van der Waals surface area (Å²) in [6, 6.07) is 2.08. The highest BCUT2D eigenvalue weighted by Gasteiger charge is 2.17. The van der Waals surface area contributed by atoms with E-state index in [4.69, 9.17) is 0 Å². The molecule has 1 aliphatic heterocycles. The first-order chi connectivity index (χ1) is 8.25. The van der Waals surface area contributed by atoms with E-state index in [1.54, 1.807) is 6.20 Å². The van der Waals surface area contributed by atoms with Crippen LogP contribution in [0.5, 0.6) is 0 Å². The van der Waals surface area contributed by atoms with E-state index in [-0.39, 0.29) is 5.82 Å². The fourth-order valence-electron chi connectivity index (χ4n) is 2.29. The molecule has 1 aromatic heterocycles. The normalized spacial score (nSPS) is 18.5. The van der Waals surface area contributed by atoms with Crippen molar-refractivity contribution in [3.63, 3.8) is 0 Å². The Bertz CT molecular complexity index is 350. The van der Waals surface area contributed by atoms with Gasteiger partial charge in [-0.15, -0.1) is 0 Å². The lowest BCUT2D eigenvalue weighted by atomic mass is 10.2. The van der Waals surface area contributed by atoms with Crippen LogP contribution in [0.1, 0.15) is 25.3 Å². The summed E-state index contributed by atoms with van der Waals surface area (Å²) >= 11 is 0. The monoisotopic (exact) mass is 237 g/mol. The van der Waals surface area contributed by atoms with Crippen LogP contribution in [0.25, 0.3) is 0 Å². The lowest BCUT2D eigenvalue weighted by molar-refractivity contribution is 0.251. The largest absolute Gasteiger partial charge is 0.311 e. The Balaban J connectivity index is 1.71. The lowest BCUT2D eigenvalue weighted by Gasteiger charge is -2.23. The molecule has 17 heavy (non-hydrogen) atoms. The van der Waals surface area contributed by atoms with Crippen molar-refractivity contribution in [3.8, 4) is 0 Å². The van der Waals surface area contributed by atoms with E-state index >= 15 is 0 Å². The summed E-state index contributed by atoms with van der Waals surface area (Å²) in [6.45, 7) is 6.29. The average molecular weight is 237 g/mol. The molecule has 1 unspecified atom stereocenters. The van der Waals surface area contributed by atoms with Gasteiger partial charge in [0.1, 0.15) is 5.82 Å². The van der Waals surface area contributed by atoms with Crippen LogP contribution >= 0.6 is 0 Å². The van der Waals surface area contributed by atoms with Gasteiger partial charge >= 0.3 is 0 Å². The average Bonchev–Trinajstić information content (AvgIpc) is 2.82. The topological polar surface area (TPSA) is 28.2 Å². The van der Waals surface area contributed by atoms with E-state index in [1.807, 2.05) is 0 Å². The van der Waals surface area contributed by atoms with Crippen molar-refractivity contribution in [2.24, 2.45) is 0 Å². The second-order valence-electron chi connectivity index (χ2n) is 4.73. The van der Waals surface area contributed by atoms with Gasteiger partial charge in [-0.05, 0) is 44.5 Å². The van der Waals surface area contributed by atoms with Crippen molar-refractivity contribution in [1.82, 2.24) is 15.2 Å². The van der Waals surface area contributed by atoms with Gasteiger partial charge in [-0.25, -0.2) is 4.39 Å². The van der Waals surface area contributed by atoms with E-state index in [1.165, 1.54) is 38.2 Å². The molecular formula is C13H20FN3. The van der Waals surface area contributed by atoms with Crippen LogP contribution in [0.15, 0.2) is 18.5 Å². The molecule has 4 heteroatoms. The SMILES string of the molecule is CC(CNCc1cncc(F)c1)N1CCCC1. The van der Waals surface area contributed by atoms with Crippen LogP contribution < -0.4 is 5.32 Å². The van der Waals surface area contributed by atoms with E-state index < -0.39 is 0 Å². The molecule has 0 saturated carbocycles. The molecule has 1 aromatic rings. The second-order valence-corrected chi connectivity index (χ2v) is 4.73. The van der Waals surface area contributed by atoms with Gasteiger partial charge in [-0.2, -0.15) is 0 Å². The second kappa shape index (κ2) is 6.07. The van der Waals surface area contributed by atoms with E-state index in [0.29, 0.717) is 12.6 Å². The van der Waals surface area contributed by atoms with Gasteiger partial charge < -0.3 is 5.32 Å². The van der Waals surface area contributed by atoms with Gasteiger partial charge in [0.2, 0.25) is 0 Å². The fourth-order valence-corrected chi connectivity index (χ4v) is 2.29. The number of nitrogens with zero attached hydrogens (tertiary/aromatic N) is 2. The smallest absolute Gasteiger partial charge is 0.141 e. The standard InChI is InChI=1S/C13H20FN3/c1-11(17-4-2-3-5-17)7-15-8-12-6-13(14)10-16-9-12/h6,9-11,15H,2-5,7-8H2,1H3. The van der Waals surface area contributed by atoms with Crippen LogP contribution in [0.2, 0.25) is 0 Å². The quantitative estimate of drug-likeness (QED) is 0.846. The maximum absolute atomic E-state index is 12.9. The predicted molar refractivity (Wildman–Crippen MR) is 66.2 cm³/mol. The number of rotatable bonds is 5. The molecule has 0 spiro atoms. The number of likely N-dealkylation sites (tertiary alicyclic amines) is 1. The maximum Gasteiger partial charge on any atom is 0.141 e. The maximum atomic E-state index is 12.9. The Kier molecular flexibility index (Phi) is 4.45.